The molecule has 0 radical (unpaired) electrons. The molecule has 0 aliphatic rings. The van der Waals surface area contributed by atoms with E-state index in [0.717, 1.165) is 6.07 Å². The number of benzene rings is 1. The third kappa shape index (κ3) is 4.38. The highest BCUT2D eigenvalue weighted by atomic mass is 32.2. The molecule has 0 aliphatic heterocycles. The van der Waals surface area contributed by atoms with Crippen molar-refractivity contribution in [2.45, 2.75) is 30.8 Å². The van der Waals surface area contributed by atoms with Gasteiger partial charge in [-0.3, -0.25) is 10.1 Å². The maximum Gasteiger partial charge on any atom is 0.312 e. The van der Waals surface area contributed by atoms with Gasteiger partial charge in [-0.25, -0.2) is 13.1 Å². The highest BCUT2D eigenvalue weighted by molar-refractivity contribution is 7.89. The molecule has 9 heteroatoms. The predicted octanol–water partition coefficient (Wildman–Crippen LogP) is 1.04. The normalized spacial score (nSPS) is 14.5. The van der Waals surface area contributed by atoms with Crippen LogP contribution >= 0.6 is 0 Å². The van der Waals surface area contributed by atoms with Gasteiger partial charge in [0.2, 0.25) is 10.0 Å². The number of rotatable bonds is 7. The Labute approximate surface area is 122 Å². The minimum atomic E-state index is -3.95. The molecule has 1 aromatic rings. The summed E-state index contributed by atoms with van der Waals surface area (Å²) in [6, 6.07) is 3.33. The lowest BCUT2D eigenvalue weighted by Crippen LogP contribution is -2.40. The Morgan fingerprint density at radius 3 is 2.57 bits per heavy atom. The van der Waals surface area contributed by atoms with E-state index in [1.54, 1.807) is 6.92 Å². The summed E-state index contributed by atoms with van der Waals surface area (Å²) in [4.78, 5) is 9.91. The summed E-state index contributed by atoms with van der Waals surface area (Å²) in [5.74, 6) is -0.0282. The van der Waals surface area contributed by atoms with Crippen molar-refractivity contribution in [3.63, 3.8) is 0 Å². The Bertz CT molecular complexity index is 627. The lowest BCUT2D eigenvalue weighted by molar-refractivity contribution is -0.386. The highest BCUT2D eigenvalue weighted by Crippen LogP contribution is 2.29. The molecular formula is C12H18N2O6S. The summed E-state index contributed by atoms with van der Waals surface area (Å²) in [5.41, 5.74) is -1.63. The van der Waals surface area contributed by atoms with Gasteiger partial charge in [-0.1, -0.05) is 6.92 Å². The van der Waals surface area contributed by atoms with E-state index in [2.05, 4.69) is 4.72 Å². The second kappa shape index (κ2) is 6.37. The van der Waals surface area contributed by atoms with Crippen LogP contribution in [-0.2, 0) is 10.0 Å². The Morgan fingerprint density at radius 1 is 1.48 bits per heavy atom. The van der Waals surface area contributed by atoms with Gasteiger partial charge in [0.15, 0.2) is 5.75 Å². The minimum Gasteiger partial charge on any atom is -0.490 e. The molecule has 0 amide bonds. The van der Waals surface area contributed by atoms with E-state index in [4.69, 9.17) is 4.74 Å². The van der Waals surface area contributed by atoms with Crippen molar-refractivity contribution in [1.29, 1.82) is 0 Å². The lowest BCUT2D eigenvalue weighted by Gasteiger charge is -2.21. The van der Waals surface area contributed by atoms with Crippen LogP contribution in [0.4, 0.5) is 5.69 Å². The van der Waals surface area contributed by atoms with Gasteiger partial charge in [-0.05, 0) is 25.5 Å². The second-order valence-corrected chi connectivity index (χ2v) is 6.53. The average Bonchev–Trinajstić information content (AvgIpc) is 2.44. The van der Waals surface area contributed by atoms with Crippen LogP contribution in [0.5, 0.6) is 5.75 Å². The van der Waals surface area contributed by atoms with Crippen molar-refractivity contribution in [2.75, 3.05) is 13.7 Å². The predicted molar refractivity (Wildman–Crippen MR) is 75.8 cm³/mol. The summed E-state index contributed by atoms with van der Waals surface area (Å²) >= 11 is 0. The molecule has 0 fully saturated rings. The maximum absolute atomic E-state index is 12.1. The van der Waals surface area contributed by atoms with Crippen LogP contribution in [0.1, 0.15) is 20.3 Å². The molecule has 8 nitrogen and oxygen atoms in total. The number of hydrogen-bond acceptors (Lipinski definition) is 6. The Hall–Kier alpha value is -1.71. The fourth-order valence-corrected chi connectivity index (χ4v) is 2.62. The summed E-state index contributed by atoms with van der Waals surface area (Å²) in [6.07, 6.45) is 0.359. The van der Waals surface area contributed by atoms with E-state index < -0.39 is 26.2 Å². The van der Waals surface area contributed by atoms with Crippen LogP contribution in [0.3, 0.4) is 0 Å². The van der Waals surface area contributed by atoms with E-state index >= 15 is 0 Å². The van der Waals surface area contributed by atoms with Crippen LogP contribution in [0.25, 0.3) is 0 Å². The smallest absolute Gasteiger partial charge is 0.312 e. The van der Waals surface area contributed by atoms with Crippen LogP contribution in [0.2, 0.25) is 0 Å². The molecule has 1 rings (SSSR count). The molecule has 0 saturated heterocycles. The van der Waals surface area contributed by atoms with Gasteiger partial charge >= 0.3 is 5.69 Å². The van der Waals surface area contributed by atoms with Gasteiger partial charge < -0.3 is 9.84 Å². The van der Waals surface area contributed by atoms with Crippen LogP contribution in [0, 0.1) is 10.1 Å². The number of nitrogens with zero attached hydrogens (tertiary/aromatic N) is 1. The first-order valence-electron chi connectivity index (χ1n) is 6.17. The third-order valence-electron chi connectivity index (χ3n) is 3.06. The van der Waals surface area contributed by atoms with Crippen molar-refractivity contribution >= 4 is 15.7 Å². The summed E-state index contributed by atoms with van der Waals surface area (Å²) in [7, 11) is -2.70. The monoisotopic (exact) mass is 318 g/mol. The van der Waals surface area contributed by atoms with Crippen molar-refractivity contribution in [2.24, 2.45) is 0 Å². The number of ether oxygens (including phenoxy) is 1. The minimum absolute atomic E-state index is 0.0282. The van der Waals surface area contributed by atoms with E-state index in [0.29, 0.717) is 6.42 Å². The number of nitro benzene ring substituents is 1. The Kier molecular flexibility index (Phi) is 5.26. The zero-order chi connectivity index (χ0) is 16.3. The first-order valence-corrected chi connectivity index (χ1v) is 7.66. The summed E-state index contributed by atoms with van der Waals surface area (Å²) in [6.45, 7) is 3.02. The molecule has 1 aromatic carbocycles. The molecule has 0 aromatic heterocycles. The topological polar surface area (TPSA) is 119 Å². The zero-order valence-electron chi connectivity index (χ0n) is 12.0. The van der Waals surface area contributed by atoms with Crippen LogP contribution in [0.15, 0.2) is 23.1 Å². The van der Waals surface area contributed by atoms with E-state index in [1.807, 2.05) is 0 Å². The van der Waals surface area contributed by atoms with Crippen molar-refractivity contribution < 1.29 is 23.2 Å². The number of sulfonamides is 1. The van der Waals surface area contributed by atoms with Crippen LogP contribution in [-0.4, -0.2) is 37.7 Å². The van der Waals surface area contributed by atoms with Crippen molar-refractivity contribution in [1.82, 2.24) is 4.72 Å². The number of nitrogens with one attached hydrogen (secondary N) is 1. The quantitative estimate of drug-likeness (QED) is 0.573. The van der Waals surface area contributed by atoms with Gasteiger partial charge in [0, 0.05) is 12.6 Å². The van der Waals surface area contributed by atoms with Gasteiger partial charge in [0.25, 0.3) is 0 Å². The number of nitro groups is 1. The standard InChI is InChI=1S/C12H18N2O6S/c1-4-12(2,15)8-13-21(18,19)9-5-6-11(20-3)10(7-9)14(16)17/h5-7,13,15H,4,8H2,1-3H3. The number of aliphatic hydroxyl groups is 1. The molecule has 118 valence electrons. The fraction of sp³-hybridized carbons (Fsp3) is 0.500. The fourth-order valence-electron chi connectivity index (χ4n) is 1.44. The molecule has 0 bridgehead atoms. The number of methoxy groups -OCH3 is 1. The summed E-state index contributed by atoms with van der Waals surface area (Å²) < 4.78 is 31.2. The second-order valence-electron chi connectivity index (χ2n) is 4.77. The van der Waals surface area contributed by atoms with Gasteiger partial charge in [0.05, 0.1) is 22.5 Å². The molecule has 2 N–H and O–H groups in total. The van der Waals surface area contributed by atoms with Crippen molar-refractivity contribution in [3.05, 3.63) is 28.3 Å². The Balaban J connectivity index is 3.09. The van der Waals surface area contributed by atoms with Gasteiger partial charge in [-0.2, -0.15) is 0 Å². The lowest BCUT2D eigenvalue weighted by atomic mass is 10.1. The molecule has 0 spiro atoms. The maximum atomic E-state index is 12.1. The average molecular weight is 318 g/mol. The molecule has 1 unspecified atom stereocenters. The zero-order valence-corrected chi connectivity index (χ0v) is 12.8. The molecule has 1 atom stereocenters. The molecule has 0 heterocycles. The van der Waals surface area contributed by atoms with E-state index in [1.165, 1.54) is 26.2 Å². The van der Waals surface area contributed by atoms with Crippen molar-refractivity contribution in [3.8, 4) is 5.75 Å². The highest BCUT2D eigenvalue weighted by Gasteiger charge is 2.25. The first kappa shape index (κ1) is 17.3. The largest absolute Gasteiger partial charge is 0.490 e. The van der Waals surface area contributed by atoms with Crippen LogP contribution < -0.4 is 9.46 Å². The van der Waals surface area contributed by atoms with E-state index in [9.17, 15) is 23.6 Å². The van der Waals surface area contributed by atoms with Gasteiger partial charge in [-0.15, -0.1) is 0 Å². The third-order valence-corrected chi connectivity index (χ3v) is 4.46. The molecule has 0 saturated carbocycles. The molecular weight excluding hydrogens is 300 g/mol. The first-order chi connectivity index (χ1) is 9.63. The van der Waals surface area contributed by atoms with Gasteiger partial charge in [0.1, 0.15) is 0 Å². The SMILES string of the molecule is CCC(C)(O)CNS(=O)(=O)c1ccc(OC)c([N+](=O)[O-])c1. The van der Waals surface area contributed by atoms with E-state index in [-0.39, 0.29) is 17.2 Å². The number of hydrogen-bond donors (Lipinski definition) is 2. The molecule has 0 aliphatic carbocycles. The molecule has 21 heavy (non-hydrogen) atoms. The Morgan fingerprint density at radius 2 is 2.10 bits per heavy atom. The summed E-state index contributed by atoms with van der Waals surface area (Å²) in [5, 5.41) is 20.7.